The van der Waals surface area contributed by atoms with Gasteiger partial charge in [-0.2, -0.15) is 17.5 Å². The van der Waals surface area contributed by atoms with Crippen molar-refractivity contribution in [3.63, 3.8) is 0 Å². The van der Waals surface area contributed by atoms with Gasteiger partial charge in [0, 0.05) is 51.2 Å². The number of likely N-dealkylation sites (tertiary alicyclic amines) is 1. The van der Waals surface area contributed by atoms with Crippen LogP contribution in [0.4, 0.5) is 13.2 Å². The Balaban J connectivity index is 1.43. The number of halogens is 3. The van der Waals surface area contributed by atoms with E-state index >= 15 is 0 Å². The SMILES string of the molecule is CCCO[C@@H]1C[C@H]2C(=O)NC3(CCOc4ccc(C(F)(F)F)cc4S(=O)(=O)N2C1)CCN(CC1CCCCC1)CC3. The van der Waals surface area contributed by atoms with Crippen molar-refractivity contribution in [2.75, 3.05) is 39.4 Å². The first-order valence-electron chi connectivity index (χ1n) is 15.0. The van der Waals surface area contributed by atoms with E-state index in [0.717, 1.165) is 36.1 Å². The molecule has 2 atom stereocenters. The summed E-state index contributed by atoms with van der Waals surface area (Å²) < 4.78 is 81.4. The molecule has 5 rings (SSSR count). The average molecular weight is 602 g/mol. The quantitative estimate of drug-likeness (QED) is 0.532. The molecule has 3 aliphatic heterocycles. The van der Waals surface area contributed by atoms with Gasteiger partial charge in [0.25, 0.3) is 0 Å². The lowest BCUT2D eigenvalue weighted by molar-refractivity contribution is -0.137. The summed E-state index contributed by atoms with van der Waals surface area (Å²) in [6, 6.07) is 1.46. The maximum atomic E-state index is 13.9. The number of fused-ring (bicyclic) bond motifs is 2. The zero-order chi connectivity index (χ0) is 29.3. The second kappa shape index (κ2) is 12.4. The van der Waals surface area contributed by atoms with Crippen molar-refractivity contribution < 1.29 is 35.9 Å². The standard InChI is InChI=1S/C29H42F3N3O5S/c1-2-15-39-23-18-24-27(36)33-28(10-13-34(14-11-28)19-21-6-4-3-5-7-21)12-16-40-25-9-8-22(29(30,31)32)17-26(25)41(37,38)35(24)20-23/h8-9,17,21,23-24H,2-7,10-16,18-20H2,1H3,(H,33,36)/t23-,24+/m1/s1. The first-order valence-corrected chi connectivity index (χ1v) is 16.5. The Hall–Kier alpha value is -1.89. The monoisotopic (exact) mass is 601 g/mol. The smallest absolute Gasteiger partial charge is 0.416 e. The third kappa shape index (κ3) is 6.86. The summed E-state index contributed by atoms with van der Waals surface area (Å²) in [5.41, 5.74) is -1.67. The number of rotatable bonds is 5. The van der Waals surface area contributed by atoms with Crippen molar-refractivity contribution in [3.8, 4) is 5.75 Å². The maximum Gasteiger partial charge on any atom is 0.416 e. The van der Waals surface area contributed by atoms with Gasteiger partial charge in [-0.1, -0.05) is 26.2 Å². The number of hydrogen-bond acceptors (Lipinski definition) is 6. The predicted octanol–water partition coefficient (Wildman–Crippen LogP) is 4.58. The molecule has 1 aliphatic carbocycles. The first-order chi connectivity index (χ1) is 19.5. The largest absolute Gasteiger partial charge is 0.492 e. The molecule has 3 fully saturated rings. The summed E-state index contributed by atoms with van der Waals surface area (Å²) in [5.74, 6) is 0.153. The Labute approximate surface area is 241 Å². The average Bonchev–Trinajstić information content (AvgIpc) is 3.38. The second-order valence-electron chi connectivity index (χ2n) is 12.2. The van der Waals surface area contributed by atoms with E-state index in [9.17, 15) is 26.4 Å². The maximum absolute atomic E-state index is 13.9. The molecule has 230 valence electrons. The first kappa shape index (κ1) is 30.6. The Kier molecular flexibility index (Phi) is 9.23. The molecule has 0 bridgehead atoms. The highest BCUT2D eigenvalue weighted by atomic mass is 32.2. The van der Waals surface area contributed by atoms with Crippen molar-refractivity contribution in [1.82, 2.24) is 14.5 Å². The minimum Gasteiger partial charge on any atom is -0.492 e. The molecular formula is C29H42F3N3O5S. The molecule has 1 aromatic rings. The number of carbonyl (C=O) groups is 1. The molecule has 1 saturated carbocycles. The van der Waals surface area contributed by atoms with Gasteiger partial charge in [-0.15, -0.1) is 0 Å². The zero-order valence-corrected chi connectivity index (χ0v) is 24.6. The summed E-state index contributed by atoms with van der Waals surface area (Å²) in [6.45, 7) is 4.97. The van der Waals surface area contributed by atoms with Crippen LogP contribution in [0.1, 0.15) is 76.7 Å². The lowest BCUT2D eigenvalue weighted by atomic mass is 9.83. The molecule has 1 N–H and O–H groups in total. The van der Waals surface area contributed by atoms with Crippen LogP contribution in [-0.2, 0) is 25.7 Å². The number of ether oxygens (including phenoxy) is 2. The number of piperidine rings is 1. The fourth-order valence-electron chi connectivity index (χ4n) is 6.85. The highest BCUT2D eigenvalue weighted by molar-refractivity contribution is 7.89. The third-order valence-corrected chi connectivity index (χ3v) is 11.1. The minimum absolute atomic E-state index is 0.0731. The number of sulfonamides is 1. The third-order valence-electron chi connectivity index (χ3n) is 9.22. The Morgan fingerprint density at radius 3 is 2.54 bits per heavy atom. The van der Waals surface area contributed by atoms with Crippen molar-refractivity contribution in [2.24, 2.45) is 5.92 Å². The summed E-state index contributed by atoms with van der Waals surface area (Å²) in [7, 11) is -4.52. The molecule has 3 heterocycles. The van der Waals surface area contributed by atoms with E-state index < -0.39 is 50.3 Å². The normalized spacial score (nSPS) is 27.9. The van der Waals surface area contributed by atoms with E-state index in [0.29, 0.717) is 44.3 Å². The van der Waals surface area contributed by atoms with Gasteiger partial charge in [-0.05, 0) is 56.2 Å². The molecule has 1 spiro atoms. The topological polar surface area (TPSA) is 88.2 Å². The van der Waals surface area contributed by atoms with Crippen LogP contribution < -0.4 is 10.1 Å². The van der Waals surface area contributed by atoms with Crippen molar-refractivity contribution >= 4 is 15.9 Å². The van der Waals surface area contributed by atoms with E-state index in [1.807, 2.05) is 6.92 Å². The van der Waals surface area contributed by atoms with Crippen molar-refractivity contribution in [1.29, 1.82) is 0 Å². The Morgan fingerprint density at radius 2 is 1.85 bits per heavy atom. The van der Waals surface area contributed by atoms with Gasteiger partial charge in [0.1, 0.15) is 16.7 Å². The van der Waals surface area contributed by atoms with Crippen LogP contribution in [0.25, 0.3) is 0 Å². The molecule has 0 aromatic heterocycles. The van der Waals surface area contributed by atoms with Gasteiger partial charge in [-0.25, -0.2) is 8.42 Å². The lowest BCUT2D eigenvalue weighted by Gasteiger charge is -2.44. The van der Waals surface area contributed by atoms with Gasteiger partial charge in [0.05, 0.1) is 18.3 Å². The number of nitrogens with zero attached hydrogens (tertiary/aromatic N) is 2. The zero-order valence-electron chi connectivity index (χ0n) is 23.8. The van der Waals surface area contributed by atoms with Gasteiger partial charge in [-0.3, -0.25) is 4.79 Å². The van der Waals surface area contributed by atoms with Crippen LogP contribution in [0.5, 0.6) is 5.75 Å². The van der Waals surface area contributed by atoms with Crippen LogP contribution in [0, 0.1) is 5.92 Å². The number of carbonyl (C=O) groups excluding carboxylic acids is 1. The number of alkyl halides is 3. The van der Waals surface area contributed by atoms with Crippen LogP contribution >= 0.6 is 0 Å². The molecule has 1 aromatic carbocycles. The highest BCUT2D eigenvalue weighted by Crippen LogP contribution is 2.39. The van der Waals surface area contributed by atoms with Crippen molar-refractivity contribution in [2.45, 2.75) is 99.9 Å². The molecule has 1 amide bonds. The van der Waals surface area contributed by atoms with E-state index in [-0.39, 0.29) is 25.3 Å². The van der Waals surface area contributed by atoms with Gasteiger partial charge < -0.3 is 19.7 Å². The fourth-order valence-corrected chi connectivity index (χ4v) is 8.64. The second-order valence-corrected chi connectivity index (χ2v) is 14.0. The van der Waals surface area contributed by atoms with E-state index in [2.05, 4.69) is 10.2 Å². The summed E-state index contributed by atoms with van der Waals surface area (Å²) in [5, 5.41) is 3.21. The molecule has 4 aliphatic rings. The summed E-state index contributed by atoms with van der Waals surface area (Å²) in [4.78, 5) is 15.7. The van der Waals surface area contributed by atoms with Gasteiger partial charge in [0.15, 0.2) is 0 Å². The van der Waals surface area contributed by atoms with E-state index in [1.165, 1.54) is 32.1 Å². The van der Waals surface area contributed by atoms with Crippen LogP contribution in [0.2, 0.25) is 0 Å². The predicted molar refractivity (Wildman–Crippen MR) is 147 cm³/mol. The van der Waals surface area contributed by atoms with Crippen LogP contribution in [0.3, 0.4) is 0 Å². The molecule has 0 unspecified atom stereocenters. The van der Waals surface area contributed by atoms with E-state index in [1.54, 1.807) is 0 Å². The number of hydrogen-bond donors (Lipinski definition) is 1. The molecule has 8 nitrogen and oxygen atoms in total. The molecule has 12 heteroatoms. The Morgan fingerprint density at radius 1 is 1.12 bits per heavy atom. The Bertz CT molecular complexity index is 1180. The molecule has 0 radical (unpaired) electrons. The van der Waals surface area contributed by atoms with Gasteiger partial charge in [0.2, 0.25) is 15.9 Å². The highest BCUT2D eigenvalue weighted by Gasteiger charge is 2.48. The summed E-state index contributed by atoms with van der Waals surface area (Å²) >= 11 is 0. The number of nitrogens with one attached hydrogen (secondary N) is 1. The van der Waals surface area contributed by atoms with Gasteiger partial charge >= 0.3 is 6.18 Å². The number of benzene rings is 1. The van der Waals surface area contributed by atoms with Crippen LogP contribution in [0.15, 0.2) is 23.1 Å². The lowest BCUT2D eigenvalue weighted by Crippen LogP contribution is -2.59. The van der Waals surface area contributed by atoms with Crippen LogP contribution in [-0.4, -0.2) is 80.6 Å². The van der Waals surface area contributed by atoms with Crippen molar-refractivity contribution in [3.05, 3.63) is 23.8 Å². The molecular weight excluding hydrogens is 559 g/mol. The minimum atomic E-state index is -4.74. The van der Waals surface area contributed by atoms with E-state index in [4.69, 9.17) is 9.47 Å². The summed E-state index contributed by atoms with van der Waals surface area (Å²) in [6.07, 6.45) is 3.81. The fraction of sp³-hybridized carbons (Fsp3) is 0.759. The molecule has 41 heavy (non-hydrogen) atoms. The number of amides is 1. The molecule has 2 saturated heterocycles.